The van der Waals surface area contributed by atoms with Crippen molar-refractivity contribution in [2.24, 2.45) is 17.8 Å². The summed E-state index contributed by atoms with van der Waals surface area (Å²) in [6.07, 6.45) is 77.9. The summed E-state index contributed by atoms with van der Waals surface area (Å²) in [5.74, 6) is 0.325. The maximum atomic E-state index is 13.2. The Labute approximate surface area is 696 Å². The van der Waals surface area contributed by atoms with E-state index in [1.54, 1.807) is 0 Å². The molecule has 0 saturated heterocycles. The molecule has 0 fully saturated rings. The summed E-state index contributed by atoms with van der Waals surface area (Å²) >= 11 is 0. The molecular formula is C94H184O17P2. The molecule has 0 aromatic heterocycles. The summed E-state index contributed by atoms with van der Waals surface area (Å²) in [4.78, 5) is 73.5. The SMILES string of the molecule is CCCCCCCCCCCCCCCCCCCCCC(=O)O[C@H](COC(=O)CCCCCCCCCCC(C)C)COP(=O)(O)OC[C@H](O)COP(=O)(O)OC[C@@H](COC(=O)CCCCCCCCCCCCCCCCCCCCC(C)C)OC(=O)CCCCCCCCCCCCCCCCCCCCC(C)CC. The van der Waals surface area contributed by atoms with Crippen LogP contribution in [0.15, 0.2) is 0 Å². The van der Waals surface area contributed by atoms with Gasteiger partial charge in [-0.15, -0.1) is 0 Å². The van der Waals surface area contributed by atoms with Crippen LogP contribution in [0.2, 0.25) is 0 Å². The van der Waals surface area contributed by atoms with E-state index in [0.717, 1.165) is 108 Å². The van der Waals surface area contributed by atoms with Gasteiger partial charge in [-0.05, 0) is 43.4 Å². The molecule has 0 aliphatic carbocycles. The third-order valence-electron chi connectivity index (χ3n) is 22.5. The van der Waals surface area contributed by atoms with Gasteiger partial charge in [-0.2, -0.15) is 0 Å². The van der Waals surface area contributed by atoms with Crippen molar-refractivity contribution in [3.63, 3.8) is 0 Å². The highest BCUT2D eigenvalue weighted by atomic mass is 31.2. The topological polar surface area (TPSA) is 237 Å². The van der Waals surface area contributed by atoms with Gasteiger partial charge in [0, 0.05) is 25.7 Å². The molecule has 0 heterocycles. The Balaban J connectivity index is 5.23. The zero-order chi connectivity index (χ0) is 82.9. The van der Waals surface area contributed by atoms with Crippen LogP contribution in [0.5, 0.6) is 0 Å². The number of hydrogen-bond donors (Lipinski definition) is 3. The van der Waals surface area contributed by atoms with E-state index < -0.39 is 97.5 Å². The van der Waals surface area contributed by atoms with Crippen LogP contribution in [0.3, 0.4) is 0 Å². The molecule has 0 aromatic carbocycles. The molecule has 3 N–H and O–H groups in total. The largest absolute Gasteiger partial charge is 0.472 e. The number of aliphatic hydroxyl groups is 1. The first-order valence-electron chi connectivity index (χ1n) is 48.4. The lowest BCUT2D eigenvalue weighted by Gasteiger charge is -2.21. The maximum absolute atomic E-state index is 13.2. The summed E-state index contributed by atoms with van der Waals surface area (Å²) in [5, 5.41) is 10.7. The summed E-state index contributed by atoms with van der Waals surface area (Å²) in [6.45, 7) is 12.1. The number of esters is 4. The fourth-order valence-corrected chi connectivity index (χ4v) is 16.3. The van der Waals surface area contributed by atoms with Gasteiger partial charge < -0.3 is 33.8 Å². The molecule has 3 unspecified atom stereocenters. The molecular weight excluding hydrogens is 1460 g/mol. The highest BCUT2D eigenvalue weighted by Gasteiger charge is 2.31. The number of aliphatic hydroxyl groups excluding tert-OH is 1. The third-order valence-corrected chi connectivity index (χ3v) is 24.4. The molecule has 17 nitrogen and oxygen atoms in total. The van der Waals surface area contributed by atoms with Crippen LogP contribution in [0.25, 0.3) is 0 Å². The second-order valence-electron chi connectivity index (χ2n) is 35.0. The summed E-state index contributed by atoms with van der Waals surface area (Å²) in [5.41, 5.74) is 0. The lowest BCUT2D eigenvalue weighted by atomic mass is 9.99. The summed E-state index contributed by atoms with van der Waals surface area (Å²) in [7, 11) is -9.94. The highest BCUT2D eigenvalue weighted by Crippen LogP contribution is 2.45. The molecule has 0 aromatic rings. The molecule has 6 atom stereocenters. The van der Waals surface area contributed by atoms with Gasteiger partial charge in [0.1, 0.15) is 19.3 Å². The van der Waals surface area contributed by atoms with Crippen LogP contribution in [0.1, 0.15) is 504 Å². The van der Waals surface area contributed by atoms with E-state index in [0.29, 0.717) is 25.7 Å². The number of carbonyl (C=O) groups excluding carboxylic acids is 4. The van der Waals surface area contributed by atoms with Crippen molar-refractivity contribution in [2.45, 2.75) is 523 Å². The monoisotopic (exact) mass is 1650 g/mol. The Kier molecular flexibility index (Phi) is 82.3. The molecule has 0 aliphatic rings. The van der Waals surface area contributed by atoms with Gasteiger partial charge in [0.05, 0.1) is 26.4 Å². The van der Waals surface area contributed by atoms with Crippen LogP contribution in [-0.4, -0.2) is 96.7 Å². The lowest BCUT2D eigenvalue weighted by molar-refractivity contribution is -0.161. The van der Waals surface area contributed by atoms with Crippen LogP contribution in [-0.2, 0) is 65.4 Å². The van der Waals surface area contributed by atoms with Gasteiger partial charge in [0.2, 0.25) is 0 Å². The van der Waals surface area contributed by atoms with E-state index >= 15 is 0 Å². The standard InChI is InChI=1S/C94H184O17P2/c1-8-10-11-12-13-14-15-16-17-18-19-27-32-37-42-47-56-63-71-78-94(99)111-90(82-105-92(97)76-69-62-55-50-49-52-59-66-73-86(5)6)84-109-113(102,103)107-80-88(95)79-106-112(100,101)108-83-89(81-104-91(96)75-68-61-54-46-41-36-31-26-22-20-24-29-34-39-44-51-58-65-72-85(3)4)110-93(98)77-70-64-57-48-43-38-33-28-23-21-25-30-35-40-45-53-60-67-74-87(7)9-2/h85-90,95H,8-84H2,1-7H3,(H,100,101)(H,102,103)/t87?,88-,89-,90-/m1/s1. The van der Waals surface area contributed by atoms with Gasteiger partial charge in [-0.1, -0.05) is 453 Å². The number of phosphoric ester groups is 2. The number of unbranched alkanes of at least 4 members (excludes halogenated alkanes) is 59. The minimum Gasteiger partial charge on any atom is -0.462 e. The molecule has 113 heavy (non-hydrogen) atoms. The number of carbonyl (C=O) groups is 4. The Hall–Kier alpha value is -1.94. The van der Waals surface area contributed by atoms with E-state index in [-0.39, 0.29) is 25.7 Å². The highest BCUT2D eigenvalue weighted by molar-refractivity contribution is 7.47. The quantitative estimate of drug-likeness (QED) is 0.0222. The summed E-state index contributed by atoms with van der Waals surface area (Å²) in [6, 6.07) is 0. The lowest BCUT2D eigenvalue weighted by Crippen LogP contribution is -2.30. The number of phosphoric acid groups is 2. The fourth-order valence-electron chi connectivity index (χ4n) is 14.8. The Morgan fingerprint density at radius 2 is 0.451 bits per heavy atom. The number of ether oxygens (including phenoxy) is 4. The van der Waals surface area contributed by atoms with Gasteiger partial charge in [-0.3, -0.25) is 37.3 Å². The first kappa shape index (κ1) is 111. The molecule has 0 spiro atoms. The van der Waals surface area contributed by atoms with Crippen LogP contribution in [0.4, 0.5) is 0 Å². The van der Waals surface area contributed by atoms with Crippen LogP contribution < -0.4 is 0 Å². The number of hydrogen-bond acceptors (Lipinski definition) is 15. The second kappa shape index (κ2) is 83.7. The van der Waals surface area contributed by atoms with Crippen molar-refractivity contribution in [3.8, 4) is 0 Å². The predicted molar refractivity (Wildman–Crippen MR) is 469 cm³/mol. The molecule has 0 amide bonds. The van der Waals surface area contributed by atoms with Crippen molar-refractivity contribution in [1.29, 1.82) is 0 Å². The van der Waals surface area contributed by atoms with Gasteiger partial charge >= 0.3 is 39.5 Å². The Morgan fingerprint density at radius 1 is 0.257 bits per heavy atom. The van der Waals surface area contributed by atoms with Gasteiger partial charge in [0.25, 0.3) is 0 Å². The first-order chi connectivity index (χ1) is 54.8. The van der Waals surface area contributed by atoms with Gasteiger partial charge in [-0.25, -0.2) is 9.13 Å². The van der Waals surface area contributed by atoms with Crippen molar-refractivity contribution in [3.05, 3.63) is 0 Å². The average molecular weight is 1650 g/mol. The van der Waals surface area contributed by atoms with Crippen molar-refractivity contribution in [2.75, 3.05) is 39.6 Å². The average Bonchev–Trinajstić information content (AvgIpc) is 0.901. The molecule has 0 rings (SSSR count). The van der Waals surface area contributed by atoms with Gasteiger partial charge in [0.15, 0.2) is 12.2 Å². The van der Waals surface area contributed by atoms with Crippen LogP contribution in [0, 0.1) is 17.8 Å². The van der Waals surface area contributed by atoms with Crippen molar-refractivity contribution >= 4 is 39.5 Å². The van der Waals surface area contributed by atoms with E-state index in [2.05, 4.69) is 48.5 Å². The smallest absolute Gasteiger partial charge is 0.462 e. The molecule has 19 heteroatoms. The molecule has 0 saturated carbocycles. The molecule has 672 valence electrons. The Morgan fingerprint density at radius 3 is 0.673 bits per heavy atom. The van der Waals surface area contributed by atoms with E-state index in [9.17, 15) is 43.2 Å². The van der Waals surface area contributed by atoms with Crippen molar-refractivity contribution in [1.82, 2.24) is 0 Å². The first-order valence-corrected chi connectivity index (χ1v) is 51.4. The number of rotatable bonds is 92. The zero-order valence-electron chi connectivity index (χ0n) is 74.9. The van der Waals surface area contributed by atoms with E-state index in [1.807, 2.05) is 0 Å². The normalized spacial score (nSPS) is 14.0. The molecule has 0 aliphatic heterocycles. The van der Waals surface area contributed by atoms with E-state index in [4.69, 9.17) is 37.0 Å². The second-order valence-corrected chi connectivity index (χ2v) is 37.9. The maximum Gasteiger partial charge on any atom is 0.472 e. The summed E-state index contributed by atoms with van der Waals surface area (Å²) < 4.78 is 69.1. The van der Waals surface area contributed by atoms with Crippen LogP contribution >= 0.6 is 15.6 Å². The molecule has 0 bridgehead atoms. The van der Waals surface area contributed by atoms with Crippen molar-refractivity contribution < 1.29 is 80.2 Å². The minimum atomic E-state index is -4.97. The molecule has 0 radical (unpaired) electrons. The van der Waals surface area contributed by atoms with E-state index in [1.165, 1.54) is 315 Å². The Bertz CT molecular complexity index is 2170. The third kappa shape index (κ3) is 86.3. The minimum absolute atomic E-state index is 0.108. The zero-order valence-corrected chi connectivity index (χ0v) is 76.7. The fraction of sp³-hybridized carbons (Fsp3) is 0.957. The predicted octanol–water partition coefficient (Wildman–Crippen LogP) is 29.2.